The Balaban J connectivity index is 1.30. The van der Waals surface area contributed by atoms with Gasteiger partial charge in [-0.3, -0.25) is 24.1 Å². The lowest BCUT2D eigenvalue weighted by Crippen LogP contribution is -2.73. The lowest BCUT2D eigenvalue weighted by atomic mass is 9.94. The maximum absolute atomic E-state index is 13.3. The first kappa shape index (κ1) is 31.3. The Morgan fingerprint density at radius 2 is 2.04 bits per heavy atom. The Hall–Kier alpha value is -5.16. The lowest BCUT2D eigenvalue weighted by Gasteiger charge is -2.49. The van der Waals surface area contributed by atoms with Crippen molar-refractivity contribution >= 4 is 69.5 Å². The van der Waals surface area contributed by atoms with Crippen LogP contribution in [0.4, 0.5) is 5.13 Å². The molecular weight excluding hydrogens is 661 g/mol. The third-order valence-corrected chi connectivity index (χ3v) is 9.23. The van der Waals surface area contributed by atoms with Crippen LogP contribution < -0.4 is 16.5 Å². The third-order valence-electron chi connectivity index (χ3n) is 6.20. The van der Waals surface area contributed by atoms with Gasteiger partial charge in [0, 0.05) is 27.9 Å². The second kappa shape index (κ2) is 12.8. The number of amides is 2. The number of nitrogens with two attached hydrogens (primary N) is 1. The number of nitrogen functional groups attached to an aromatic ring is 1. The number of rotatable bonds is 12. The number of fused-ring (bicyclic) bond motifs is 1. The van der Waals surface area contributed by atoms with E-state index >= 15 is 0 Å². The SMILES string of the molecule is Nc1nc(/C(=N/OCc2cc(=O)c(O)cn2O)C(=O)N[C@@H]2C(=O)N3C(C(=O)O)=C(CSc4nnnn4CC(=O)O)SC[C@H]23)cs1. The van der Waals surface area contributed by atoms with Crippen LogP contribution in [0.5, 0.6) is 5.75 Å². The number of thiazole rings is 1. The summed E-state index contributed by atoms with van der Waals surface area (Å²) in [6, 6.07) is -0.962. The van der Waals surface area contributed by atoms with Gasteiger partial charge in [0.15, 0.2) is 23.2 Å². The lowest BCUT2D eigenvalue weighted by molar-refractivity contribution is -0.153. The molecule has 0 unspecified atom stereocenters. The molecule has 5 heterocycles. The maximum atomic E-state index is 13.3. The standard InChI is InChI=1S/C22H20N10O10S3/c23-21-24-9(5-44-21)15(27-42-4-8-1-11(33)12(34)2-31(8)41)18(37)25-16-10-6-43-13(17(20(39)40)32(10)19(16)38)7-45-22-26-28-29-30(22)3-14(35)36/h1-2,5,10,16,34,41H,3-4,6-7H2,(H2,23,24)(H,25,37)(H,35,36)(H,39,40)/b27-15-/t10-,16+/m1/s1. The van der Waals surface area contributed by atoms with E-state index in [0.717, 1.165) is 56.7 Å². The number of aliphatic carboxylic acids is 2. The van der Waals surface area contributed by atoms with E-state index in [1.807, 2.05) is 0 Å². The second-order valence-electron chi connectivity index (χ2n) is 9.06. The molecule has 1 fully saturated rings. The monoisotopic (exact) mass is 680 g/mol. The number of carboxylic acids is 2. The molecule has 0 saturated carbocycles. The van der Waals surface area contributed by atoms with E-state index in [1.165, 1.54) is 5.38 Å². The van der Waals surface area contributed by atoms with Gasteiger partial charge in [-0.15, -0.1) is 28.2 Å². The van der Waals surface area contributed by atoms with Crippen molar-refractivity contribution in [2.24, 2.45) is 5.16 Å². The van der Waals surface area contributed by atoms with E-state index in [9.17, 15) is 39.4 Å². The Labute approximate surface area is 262 Å². The van der Waals surface area contributed by atoms with Crippen LogP contribution in [0.2, 0.25) is 0 Å². The molecule has 3 aromatic heterocycles. The molecule has 236 valence electrons. The molecule has 2 aliphatic heterocycles. The van der Waals surface area contributed by atoms with Crippen molar-refractivity contribution in [2.45, 2.75) is 30.4 Å². The molecule has 45 heavy (non-hydrogen) atoms. The average Bonchev–Trinajstić information content (AvgIpc) is 3.62. The summed E-state index contributed by atoms with van der Waals surface area (Å²) in [4.78, 5) is 72.0. The highest BCUT2D eigenvalue weighted by Gasteiger charge is 2.54. The smallest absolute Gasteiger partial charge is 0.353 e. The fraction of sp³-hybridized carbons (Fsp3) is 0.273. The van der Waals surface area contributed by atoms with Crippen LogP contribution in [0.1, 0.15) is 11.4 Å². The van der Waals surface area contributed by atoms with Crippen molar-refractivity contribution in [3.8, 4) is 5.75 Å². The van der Waals surface area contributed by atoms with Crippen LogP contribution in [0, 0.1) is 0 Å². The summed E-state index contributed by atoms with van der Waals surface area (Å²) in [5.74, 6) is -4.61. The molecule has 0 aliphatic carbocycles. The summed E-state index contributed by atoms with van der Waals surface area (Å²) in [5, 5.41) is 57.0. The highest BCUT2D eigenvalue weighted by Crippen LogP contribution is 2.41. The fourth-order valence-electron chi connectivity index (χ4n) is 4.16. The van der Waals surface area contributed by atoms with Crippen LogP contribution in [-0.2, 0) is 37.2 Å². The Morgan fingerprint density at radius 1 is 1.27 bits per heavy atom. The number of carboxylic acid groups (broad SMARTS) is 2. The predicted molar refractivity (Wildman–Crippen MR) is 153 cm³/mol. The summed E-state index contributed by atoms with van der Waals surface area (Å²) in [6.07, 6.45) is 0.752. The molecule has 2 amide bonds. The quantitative estimate of drug-likeness (QED) is 0.0411. The molecule has 2 aliphatic rings. The zero-order chi connectivity index (χ0) is 32.4. The van der Waals surface area contributed by atoms with Gasteiger partial charge >= 0.3 is 11.9 Å². The largest absolute Gasteiger partial charge is 0.503 e. The van der Waals surface area contributed by atoms with Crippen molar-refractivity contribution < 1.29 is 44.5 Å². The maximum Gasteiger partial charge on any atom is 0.353 e. The van der Waals surface area contributed by atoms with Crippen molar-refractivity contribution in [3.05, 3.63) is 49.9 Å². The van der Waals surface area contributed by atoms with E-state index in [2.05, 4.69) is 31.0 Å². The first-order valence-electron chi connectivity index (χ1n) is 12.3. The number of pyridine rings is 1. The van der Waals surface area contributed by atoms with Crippen LogP contribution in [0.25, 0.3) is 0 Å². The molecule has 1 saturated heterocycles. The first-order valence-corrected chi connectivity index (χ1v) is 15.2. The molecule has 3 aromatic rings. The number of oxime groups is 1. The van der Waals surface area contributed by atoms with Crippen molar-refractivity contribution in [1.82, 2.24) is 40.1 Å². The van der Waals surface area contributed by atoms with Gasteiger partial charge in [0.25, 0.3) is 11.8 Å². The van der Waals surface area contributed by atoms with Gasteiger partial charge < -0.3 is 36.4 Å². The third kappa shape index (κ3) is 6.53. The van der Waals surface area contributed by atoms with Gasteiger partial charge in [-0.2, -0.15) is 4.73 Å². The molecule has 0 aromatic carbocycles. The molecule has 0 spiro atoms. The Kier molecular flexibility index (Phi) is 8.92. The summed E-state index contributed by atoms with van der Waals surface area (Å²) in [7, 11) is 0. The number of thioether (sulfide) groups is 2. The Bertz CT molecular complexity index is 1820. The zero-order valence-electron chi connectivity index (χ0n) is 22.3. The zero-order valence-corrected chi connectivity index (χ0v) is 24.8. The van der Waals surface area contributed by atoms with Crippen LogP contribution >= 0.6 is 34.9 Å². The van der Waals surface area contributed by atoms with Crippen LogP contribution in [0.3, 0.4) is 0 Å². The summed E-state index contributed by atoms with van der Waals surface area (Å²) >= 11 is 3.14. The Morgan fingerprint density at radius 3 is 2.73 bits per heavy atom. The molecule has 2 atom stereocenters. The minimum atomic E-state index is -1.38. The number of β-lactam (4-membered cyclic amide) rings is 1. The molecule has 23 heteroatoms. The van der Waals surface area contributed by atoms with Crippen molar-refractivity contribution in [2.75, 3.05) is 17.2 Å². The number of hydrogen-bond donors (Lipinski definition) is 6. The minimum Gasteiger partial charge on any atom is -0.503 e. The number of nitrogens with one attached hydrogen (secondary N) is 1. The van der Waals surface area contributed by atoms with E-state index in [4.69, 9.17) is 15.7 Å². The first-order chi connectivity index (χ1) is 21.4. The van der Waals surface area contributed by atoms with Gasteiger partial charge in [0.05, 0.1) is 12.2 Å². The highest BCUT2D eigenvalue weighted by atomic mass is 32.2. The number of aromatic hydroxyl groups is 1. The van der Waals surface area contributed by atoms with Crippen LogP contribution in [0.15, 0.2) is 43.4 Å². The number of carbonyl (C=O) groups excluding carboxylic acids is 2. The topological polar surface area (TPSA) is 291 Å². The molecule has 0 bridgehead atoms. The predicted octanol–water partition coefficient (Wildman–Crippen LogP) is -1.65. The van der Waals surface area contributed by atoms with E-state index in [1.54, 1.807) is 0 Å². The van der Waals surface area contributed by atoms with E-state index in [-0.39, 0.29) is 38.9 Å². The van der Waals surface area contributed by atoms with E-state index < -0.39 is 65.9 Å². The molecule has 0 radical (unpaired) electrons. The van der Waals surface area contributed by atoms with E-state index in [0.29, 0.717) is 9.64 Å². The molecule has 5 rings (SSSR count). The summed E-state index contributed by atoms with van der Waals surface area (Å²) in [5.41, 5.74) is 4.12. The minimum absolute atomic E-state index is 0.000544. The molecule has 20 nitrogen and oxygen atoms in total. The molecular formula is C22H20N10O10S3. The normalized spacial score (nSPS) is 17.9. The number of anilines is 1. The van der Waals surface area contributed by atoms with Crippen LogP contribution in [-0.4, -0.2) is 108 Å². The number of carbonyl (C=O) groups is 4. The van der Waals surface area contributed by atoms with Gasteiger partial charge in [-0.1, -0.05) is 16.9 Å². The van der Waals surface area contributed by atoms with Gasteiger partial charge in [0.1, 0.15) is 29.7 Å². The molecule has 7 N–H and O–H groups in total. The van der Waals surface area contributed by atoms with Gasteiger partial charge in [0.2, 0.25) is 10.6 Å². The fourth-order valence-corrected chi connectivity index (χ4v) is 7.00. The number of hydrogen-bond acceptors (Lipinski definition) is 17. The number of tetrazole rings is 1. The van der Waals surface area contributed by atoms with Gasteiger partial charge in [-0.25, -0.2) is 14.5 Å². The van der Waals surface area contributed by atoms with Gasteiger partial charge in [-0.05, 0) is 10.4 Å². The second-order valence-corrected chi connectivity index (χ2v) is 12.0. The highest BCUT2D eigenvalue weighted by molar-refractivity contribution is 8.06. The van der Waals surface area contributed by atoms with Crippen molar-refractivity contribution in [3.63, 3.8) is 0 Å². The van der Waals surface area contributed by atoms with Crippen molar-refractivity contribution in [1.29, 1.82) is 0 Å². The number of aromatic nitrogens is 6. The summed E-state index contributed by atoms with van der Waals surface area (Å²) in [6.45, 7) is -1.00. The number of nitrogens with zero attached hydrogens (tertiary/aromatic N) is 8. The average molecular weight is 681 g/mol. The summed E-state index contributed by atoms with van der Waals surface area (Å²) < 4.78 is 1.48.